The van der Waals surface area contributed by atoms with Gasteiger partial charge in [-0.3, -0.25) is 4.79 Å². The molecule has 2 rings (SSSR count). The molecule has 0 amide bonds. The fourth-order valence-corrected chi connectivity index (χ4v) is 3.98. The van der Waals surface area contributed by atoms with Crippen LogP contribution in [0.5, 0.6) is 0 Å². The van der Waals surface area contributed by atoms with Crippen molar-refractivity contribution in [2.45, 2.75) is 31.2 Å². The lowest BCUT2D eigenvalue weighted by Gasteiger charge is -2.25. The van der Waals surface area contributed by atoms with E-state index in [0.29, 0.717) is 5.02 Å². The highest BCUT2D eigenvalue weighted by atomic mass is 35.5. The standard InChI is InChI=1S/C18H20ClNO4S/c1-12-4-5-13(2)14(10-12)11-17(18(21)22)20(3)25(23,24)16-8-6-15(19)7-9-16/h4-10,17H,11H2,1-3H3,(H,21,22)/t17-/m0/s1. The molecule has 0 aliphatic carbocycles. The second-order valence-electron chi connectivity index (χ2n) is 5.96. The second-order valence-corrected chi connectivity index (χ2v) is 8.40. The zero-order valence-electron chi connectivity index (χ0n) is 14.2. The van der Waals surface area contributed by atoms with Crippen molar-refractivity contribution in [2.75, 3.05) is 7.05 Å². The number of rotatable bonds is 6. The molecule has 25 heavy (non-hydrogen) atoms. The minimum atomic E-state index is -3.95. The van der Waals surface area contributed by atoms with Crippen LogP contribution in [0.4, 0.5) is 0 Å². The lowest BCUT2D eigenvalue weighted by Crippen LogP contribution is -2.43. The number of aliphatic carboxylic acids is 1. The molecule has 0 spiro atoms. The first-order valence-corrected chi connectivity index (χ1v) is 9.47. The van der Waals surface area contributed by atoms with Crippen molar-refractivity contribution in [2.24, 2.45) is 0 Å². The van der Waals surface area contributed by atoms with Gasteiger partial charge in [0.05, 0.1) is 4.90 Å². The fraction of sp³-hybridized carbons (Fsp3) is 0.278. The Morgan fingerprint density at radius 1 is 1.16 bits per heavy atom. The van der Waals surface area contributed by atoms with Crippen LogP contribution < -0.4 is 0 Å². The highest BCUT2D eigenvalue weighted by Crippen LogP contribution is 2.22. The average Bonchev–Trinajstić information content (AvgIpc) is 2.55. The maximum absolute atomic E-state index is 12.8. The monoisotopic (exact) mass is 381 g/mol. The van der Waals surface area contributed by atoms with Crippen molar-refractivity contribution >= 4 is 27.6 Å². The van der Waals surface area contributed by atoms with E-state index in [4.69, 9.17) is 11.6 Å². The Balaban J connectivity index is 2.37. The molecule has 0 aliphatic heterocycles. The van der Waals surface area contributed by atoms with Crippen LogP contribution in [-0.4, -0.2) is 36.9 Å². The average molecular weight is 382 g/mol. The van der Waals surface area contributed by atoms with Crippen molar-refractivity contribution in [3.63, 3.8) is 0 Å². The van der Waals surface area contributed by atoms with Gasteiger partial charge in [0.15, 0.2) is 0 Å². The number of hydrogen-bond acceptors (Lipinski definition) is 3. The van der Waals surface area contributed by atoms with Crippen LogP contribution in [0.15, 0.2) is 47.4 Å². The molecule has 0 heterocycles. The van der Waals surface area contributed by atoms with Crippen LogP contribution in [0.1, 0.15) is 16.7 Å². The van der Waals surface area contributed by atoms with Gasteiger partial charge in [0.2, 0.25) is 10.0 Å². The van der Waals surface area contributed by atoms with Gasteiger partial charge in [0.25, 0.3) is 0 Å². The third kappa shape index (κ3) is 4.39. The molecule has 0 aliphatic rings. The van der Waals surface area contributed by atoms with Crippen molar-refractivity contribution < 1.29 is 18.3 Å². The predicted molar refractivity (Wildman–Crippen MR) is 97.4 cm³/mol. The topological polar surface area (TPSA) is 74.7 Å². The van der Waals surface area contributed by atoms with E-state index in [-0.39, 0.29) is 11.3 Å². The van der Waals surface area contributed by atoms with Gasteiger partial charge >= 0.3 is 5.97 Å². The zero-order valence-corrected chi connectivity index (χ0v) is 15.8. The lowest BCUT2D eigenvalue weighted by atomic mass is 9.99. The summed E-state index contributed by atoms with van der Waals surface area (Å²) in [5.41, 5.74) is 2.73. The van der Waals surface area contributed by atoms with E-state index in [2.05, 4.69) is 0 Å². The van der Waals surface area contributed by atoms with Crippen molar-refractivity contribution in [3.8, 4) is 0 Å². The molecule has 0 fully saturated rings. The zero-order chi connectivity index (χ0) is 18.8. The number of carboxylic acid groups (broad SMARTS) is 1. The summed E-state index contributed by atoms with van der Waals surface area (Å²) in [7, 11) is -2.66. The first-order chi connectivity index (χ1) is 11.6. The van der Waals surface area contributed by atoms with Gasteiger partial charge < -0.3 is 5.11 Å². The number of carbonyl (C=O) groups is 1. The van der Waals surface area contributed by atoms with Gasteiger partial charge in [0, 0.05) is 12.1 Å². The molecular formula is C18H20ClNO4S. The smallest absolute Gasteiger partial charge is 0.322 e. The molecule has 1 atom stereocenters. The molecule has 0 radical (unpaired) electrons. The van der Waals surface area contributed by atoms with E-state index in [1.165, 1.54) is 31.3 Å². The normalized spacial score (nSPS) is 13.0. The van der Waals surface area contributed by atoms with Crippen LogP contribution in [0.3, 0.4) is 0 Å². The largest absolute Gasteiger partial charge is 0.480 e. The van der Waals surface area contributed by atoms with E-state index >= 15 is 0 Å². The van der Waals surface area contributed by atoms with Gasteiger partial charge in [-0.1, -0.05) is 35.4 Å². The second kappa shape index (κ2) is 7.56. The Kier molecular flexibility index (Phi) is 5.87. The van der Waals surface area contributed by atoms with Crippen LogP contribution in [0, 0.1) is 13.8 Å². The summed E-state index contributed by atoms with van der Waals surface area (Å²) in [4.78, 5) is 11.8. The maximum Gasteiger partial charge on any atom is 0.322 e. The van der Waals surface area contributed by atoms with E-state index in [1.54, 1.807) is 0 Å². The highest BCUT2D eigenvalue weighted by molar-refractivity contribution is 7.89. The first-order valence-electron chi connectivity index (χ1n) is 7.65. The van der Waals surface area contributed by atoms with E-state index in [9.17, 15) is 18.3 Å². The van der Waals surface area contributed by atoms with Gasteiger partial charge in [-0.15, -0.1) is 0 Å². The quantitative estimate of drug-likeness (QED) is 0.833. The summed E-state index contributed by atoms with van der Waals surface area (Å²) in [6.07, 6.45) is 0.0895. The fourth-order valence-electron chi connectivity index (χ4n) is 2.54. The third-order valence-corrected chi connectivity index (χ3v) is 6.27. The number of carboxylic acids is 1. The lowest BCUT2D eigenvalue weighted by molar-refractivity contribution is -0.141. The summed E-state index contributed by atoms with van der Waals surface area (Å²) < 4.78 is 26.4. The van der Waals surface area contributed by atoms with Gasteiger partial charge in [0.1, 0.15) is 6.04 Å². The van der Waals surface area contributed by atoms with E-state index in [0.717, 1.165) is 21.0 Å². The summed E-state index contributed by atoms with van der Waals surface area (Å²) >= 11 is 5.79. The maximum atomic E-state index is 12.8. The Labute approximate surface area is 152 Å². The molecule has 0 saturated carbocycles. The number of aryl methyl sites for hydroxylation is 2. The predicted octanol–water partition coefficient (Wildman–Crippen LogP) is 3.27. The number of hydrogen-bond donors (Lipinski definition) is 1. The highest BCUT2D eigenvalue weighted by Gasteiger charge is 2.33. The van der Waals surface area contributed by atoms with Crippen molar-refractivity contribution in [1.82, 2.24) is 4.31 Å². The molecule has 0 saturated heterocycles. The van der Waals surface area contributed by atoms with Crippen LogP contribution in [0.2, 0.25) is 5.02 Å². The van der Waals surface area contributed by atoms with Crippen LogP contribution >= 0.6 is 11.6 Å². The molecule has 5 nitrogen and oxygen atoms in total. The van der Waals surface area contributed by atoms with Crippen molar-refractivity contribution in [1.29, 1.82) is 0 Å². The molecule has 0 aromatic heterocycles. The number of nitrogens with zero attached hydrogens (tertiary/aromatic N) is 1. The number of benzene rings is 2. The van der Waals surface area contributed by atoms with Gasteiger partial charge in [-0.2, -0.15) is 4.31 Å². The van der Waals surface area contributed by atoms with Gasteiger partial charge in [-0.25, -0.2) is 8.42 Å². The minimum absolute atomic E-state index is 0.00612. The summed E-state index contributed by atoms with van der Waals surface area (Å²) in [5, 5.41) is 10.0. The molecule has 1 N–H and O–H groups in total. The third-order valence-electron chi connectivity index (χ3n) is 4.13. The Morgan fingerprint density at radius 3 is 2.32 bits per heavy atom. The van der Waals surface area contributed by atoms with Gasteiger partial charge in [-0.05, 0) is 55.7 Å². The Bertz CT molecular complexity index is 878. The first kappa shape index (κ1) is 19.4. The molecule has 2 aromatic carbocycles. The van der Waals surface area contributed by atoms with Crippen molar-refractivity contribution in [3.05, 3.63) is 64.2 Å². The SMILES string of the molecule is Cc1ccc(C)c(C[C@@H](C(=O)O)N(C)S(=O)(=O)c2ccc(Cl)cc2)c1. The summed E-state index contributed by atoms with van der Waals surface area (Å²) in [6, 6.07) is 10.2. The molecule has 0 bridgehead atoms. The Morgan fingerprint density at radius 2 is 1.76 bits per heavy atom. The number of halogens is 1. The van der Waals surface area contributed by atoms with Crippen LogP contribution in [-0.2, 0) is 21.2 Å². The Hall–Kier alpha value is -1.89. The molecule has 0 unspecified atom stereocenters. The summed E-state index contributed by atoms with van der Waals surface area (Å²) in [6.45, 7) is 3.79. The molecule has 2 aromatic rings. The minimum Gasteiger partial charge on any atom is -0.480 e. The van der Waals surface area contributed by atoms with E-state index < -0.39 is 22.0 Å². The molecule has 134 valence electrons. The number of likely N-dealkylation sites (N-methyl/N-ethyl adjacent to an activating group) is 1. The van der Waals surface area contributed by atoms with E-state index in [1.807, 2.05) is 32.0 Å². The summed E-state index contributed by atoms with van der Waals surface area (Å²) in [5.74, 6) is -1.19. The molecule has 7 heteroatoms. The molecular weight excluding hydrogens is 362 g/mol. The number of sulfonamides is 1. The van der Waals surface area contributed by atoms with Crippen LogP contribution in [0.25, 0.3) is 0 Å².